The number of hydrogen-bond acceptors (Lipinski definition) is 3. The molecule has 104 valence electrons. The van der Waals surface area contributed by atoms with Gasteiger partial charge in [0.25, 0.3) is 0 Å². The molecule has 1 fully saturated rings. The summed E-state index contributed by atoms with van der Waals surface area (Å²) in [5.74, 6) is -0.155. The summed E-state index contributed by atoms with van der Waals surface area (Å²) in [6, 6.07) is 19.0. The van der Waals surface area contributed by atoms with E-state index in [2.05, 4.69) is 6.07 Å². The molecular formula is C18H15NO2. The first-order chi connectivity index (χ1) is 10.2. The van der Waals surface area contributed by atoms with E-state index in [1.807, 2.05) is 42.5 Å². The van der Waals surface area contributed by atoms with E-state index in [1.165, 1.54) is 0 Å². The quantitative estimate of drug-likeness (QED) is 0.805. The minimum Gasteiger partial charge on any atom is -0.460 e. The highest BCUT2D eigenvalue weighted by Crippen LogP contribution is 2.49. The number of nitriles is 1. The Morgan fingerprint density at radius 1 is 1.10 bits per heavy atom. The topological polar surface area (TPSA) is 50.1 Å². The van der Waals surface area contributed by atoms with Crippen molar-refractivity contribution >= 4 is 5.97 Å². The van der Waals surface area contributed by atoms with Crippen molar-refractivity contribution in [3.05, 3.63) is 71.3 Å². The summed E-state index contributed by atoms with van der Waals surface area (Å²) in [6.45, 7) is 0.249. The summed E-state index contributed by atoms with van der Waals surface area (Å²) in [6.07, 6.45) is 1.70. The lowest BCUT2D eigenvalue weighted by Gasteiger charge is -2.14. The van der Waals surface area contributed by atoms with Crippen molar-refractivity contribution in [2.45, 2.75) is 24.9 Å². The largest absolute Gasteiger partial charge is 0.460 e. The second kappa shape index (κ2) is 5.41. The number of hydrogen-bond donors (Lipinski definition) is 0. The van der Waals surface area contributed by atoms with E-state index >= 15 is 0 Å². The van der Waals surface area contributed by atoms with E-state index in [1.54, 1.807) is 12.1 Å². The first kappa shape index (κ1) is 13.4. The molecule has 0 heterocycles. The Kier molecular flexibility index (Phi) is 3.45. The Labute approximate surface area is 123 Å². The molecule has 21 heavy (non-hydrogen) atoms. The van der Waals surface area contributed by atoms with Crippen LogP contribution in [-0.4, -0.2) is 5.97 Å². The van der Waals surface area contributed by atoms with Crippen LogP contribution in [0.2, 0.25) is 0 Å². The number of carbonyl (C=O) groups excluding carboxylic acids is 1. The summed E-state index contributed by atoms with van der Waals surface area (Å²) >= 11 is 0. The van der Waals surface area contributed by atoms with Crippen molar-refractivity contribution < 1.29 is 9.53 Å². The molecule has 0 saturated heterocycles. The Bertz CT molecular complexity index is 679. The highest BCUT2D eigenvalue weighted by molar-refractivity contribution is 5.86. The van der Waals surface area contributed by atoms with Gasteiger partial charge in [0.2, 0.25) is 0 Å². The third kappa shape index (κ3) is 2.66. The molecule has 0 spiro atoms. The van der Waals surface area contributed by atoms with Gasteiger partial charge in [-0.2, -0.15) is 5.26 Å². The minimum atomic E-state index is -0.437. The van der Waals surface area contributed by atoms with E-state index in [-0.39, 0.29) is 12.6 Å². The molecule has 1 aliphatic carbocycles. The average molecular weight is 277 g/mol. The van der Waals surface area contributed by atoms with Gasteiger partial charge in [0.05, 0.1) is 17.0 Å². The van der Waals surface area contributed by atoms with Crippen molar-refractivity contribution in [2.24, 2.45) is 0 Å². The standard InChI is InChI=1S/C18H15NO2/c19-12-14-6-8-15(9-7-14)13-21-17(20)18(10-11-18)16-4-2-1-3-5-16/h1-9H,10-11,13H2. The van der Waals surface area contributed by atoms with Crippen LogP contribution in [0.15, 0.2) is 54.6 Å². The second-order valence-electron chi connectivity index (χ2n) is 5.33. The van der Waals surface area contributed by atoms with Crippen LogP contribution in [0.1, 0.15) is 29.5 Å². The fourth-order valence-electron chi connectivity index (χ4n) is 2.46. The molecule has 0 atom stereocenters. The molecule has 0 bridgehead atoms. The molecule has 2 aromatic carbocycles. The molecule has 3 rings (SSSR count). The summed E-state index contributed by atoms with van der Waals surface area (Å²) < 4.78 is 5.46. The summed E-state index contributed by atoms with van der Waals surface area (Å²) in [5, 5.41) is 8.75. The maximum atomic E-state index is 12.3. The zero-order valence-corrected chi connectivity index (χ0v) is 11.6. The molecule has 3 heteroatoms. The number of rotatable bonds is 4. The van der Waals surface area contributed by atoms with Crippen molar-refractivity contribution in [1.82, 2.24) is 0 Å². The maximum absolute atomic E-state index is 12.3. The van der Waals surface area contributed by atoms with Gasteiger partial charge in [-0.25, -0.2) is 0 Å². The van der Waals surface area contributed by atoms with Crippen molar-refractivity contribution in [3.8, 4) is 6.07 Å². The van der Waals surface area contributed by atoms with Gasteiger partial charge in [0.15, 0.2) is 0 Å². The number of esters is 1. The molecule has 0 aliphatic heterocycles. The number of ether oxygens (including phenoxy) is 1. The van der Waals surface area contributed by atoms with E-state index in [9.17, 15) is 4.79 Å². The first-order valence-electron chi connectivity index (χ1n) is 6.96. The third-order valence-electron chi connectivity index (χ3n) is 3.92. The zero-order valence-electron chi connectivity index (χ0n) is 11.6. The summed E-state index contributed by atoms with van der Waals surface area (Å²) in [5.41, 5.74) is 2.10. The molecule has 1 aliphatic rings. The first-order valence-corrected chi connectivity index (χ1v) is 6.96. The molecule has 0 unspecified atom stereocenters. The van der Waals surface area contributed by atoms with Crippen molar-refractivity contribution in [2.75, 3.05) is 0 Å². The Hall–Kier alpha value is -2.60. The van der Waals surface area contributed by atoms with Gasteiger partial charge in [0, 0.05) is 0 Å². The van der Waals surface area contributed by atoms with Gasteiger partial charge in [-0.15, -0.1) is 0 Å². The predicted octanol–water partition coefficient (Wildman–Crippen LogP) is 3.33. The number of nitrogens with zero attached hydrogens (tertiary/aromatic N) is 1. The normalized spacial score (nSPS) is 15.0. The van der Waals surface area contributed by atoms with Gasteiger partial charge in [-0.3, -0.25) is 4.79 Å². The van der Waals surface area contributed by atoms with Crippen LogP contribution in [-0.2, 0) is 21.6 Å². The Balaban J connectivity index is 1.66. The summed E-state index contributed by atoms with van der Waals surface area (Å²) in [7, 11) is 0. The van der Waals surface area contributed by atoms with Gasteiger partial charge in [-0.1, -0.05) is 42.5 Å². The average Bonchev–Trinajstić information content (AvgIpc) is 3.36. The predicted molar refractivity (Wildman–Crippen MR) is 78.3 cm³/mol. The smallest absolute Gasteiger partial charge is 0.316 e. The van der Waals surface area contributed by atoms with Crippen molar-refractivity contribution in [3.63, 3.8) is 0 Å². The molecule has 0 amide bonds. The SMILES string of the molecule is N#Cc1ccc(COC(=O)C2(c3ccccc3)CC2)cc1. The van der Waals surface area contributed by atoms with Crippen LogP contribution in [0, 0.1) is 11.3 Å². The van der Waals surface area contributed by atoms with E-state index in [4.69, 9.17) is 10.00 Å². The number of benzene rings is 2. The van der Waals surface area contributed by atoms with Crippen LogP contribution < -0.4 is 0 Å². The van der Waals surface area contributed by atoms with Crippen LogP contribution >= 0.6 is 0 Å². The lowest BCUT2D eigenvalue weighted by molar-refractivity contribution is -0.148. The Morgan fingerprint density at radius 3 is 2.33 bits per heavy atom. The highest BCUT2D eigenvalue weighted by Gasteiger charge is 2.52. The zero-order chi connectivity index (χ0) is 14.7. The molecule has 0 aromatic heterocycles. The maximum Gasteiger partial charge on any atom is 0.316 e. The van der Waals surface area contributed by atoms with Crippen LogP contribution in [0.4, 0.5) is 0 Å². The van der Waals surface area contributed by atoms with E-state index in [0.717, 1.165) is 24.0 Å². The lowest BCUT2D eigenvalue weighted by atomic mass is 9.96. The lowest BCUT2D eigenvalue weighted by Crippen LogP contribution is -2.23. The Morgan fingerprint density at radius 2 is 1.76 bits per heavy atom. The highest BCUT2D eigenvalue weighted by atomic mass is 16.5. The van der Waals surface area contributed by atoms with Gasteiger partial charge in [0.1, 0.15) is 6.61 Å². The molecule has 1 saturated carbocycles. The molecular weight excluding hydrogens is 262 g/mol. The van der Waals surface area contributed by atoms with Crippen LogP contribution in [0.25, 0.3) is 0 Å². The van der Waals surface area contributed by atoms with Crippen molar-refractivity contribution in [1.29, 1.82) is 5.26 Å². The molecule has 3 nitrogen and oxygen atoms in total. The van der Waals surface area contributed by atoms with Gasteiger partial charge in [-0.05, 0) is 36.1 Å². The number of carbonyl (C=O) groups is 1. The van der Waals surface area contributed by atoms with Gasteiger partial charge >= 0.3 is 5.97 Å². The fraction of sp³-hybridized carbons (Fsp3) is 0.222. The molecule has 2 aromatic rings. The van der Waals surface area contributed by atoms with E-state index < -0.39 is 5.41 Å². The third-order valence-corrected chi connectivity index (χ3v) is 3.92. The molecule has 0 N–H and O–H groups in total. The van der Waals surface area contributed by atoms with Gasteiger partial charge < -0.3 is 4.74 Å². The second-order valence-corrected chi connectivity index (χ2v) is 5.33. The van der Waals surface area contributed by atoms with Crippen LogP contribution in [0.5, 0.6) is 0 Å². The van der Waals surface area contributed by atoms with Crippen LogP contribution in [0.3, 0.4) is 0 Å². The fourth-order valence-corrected chi connectivity index (χ4v) is 2.46. The minimum absolute atomic E-state index is 0.155. The monoisotopic (exact) mass is 277 g/mol. The summed E-state index contributed by atoms with van der Waals surface area (Å²) in [4.78, 5) is 12.3. The molecule has 0 radical (unpaired) electrons. The van der Waals surface area contributed by atoms with E-state index in [0.29, 0.717) is 5.56 Å².